The summed E-state index contributed by atoms with van der Waals surface area (Å²) in [6.07, 6.45) is 6.67. The van der Waals surface area contributed by atoms with Crippen LogP contribution in [0.2, 0.25) is 0 Å². The minimum atomic E-state index is -0.555. The maximum atomic E-state index is 13.5. The lowest BCUT2D eigenvalue weighted by Crippen LogP contribution is -2.45. The second-order valence-corrected chi connectivity index (χ2v) is 9.38. The number of nitrogens with zero attached hydrogens (tertiary/aromatic N) is 4. The van der Waals surface area contributed by atoms with Crippen LogP contribution in [0.3, 0.4) is 0 Å². The molecule has 4 rings (SSSR count). The number of ether oxygens (including phenoxy) is 1. The molecule has 1 aromatic heterocycles. The molecule has 3 heterocycles. The molecular weight excluding hydrogens is 408 g/mol. The van der Waals surface area contributed by atoms with E-state index in [4.69, 9.17) is 4.74 Å². The molecule has 8 heteroatoms. The number of hydrogen-bond donors (Lipinski definition) is 0. The third kappa shape index (κ3) is 4.17. The lowest BCUT2D eigenvalue weighted by molar-refractivity contribution is -0.130. The molecule has 2 aliphatic heterocycles. The van der Waals surface area contributed by atoms with Crippen LogP contribution >= 0.6 is 0 Å². The zero-order valence-electron chi connectivity index (χ0n) is 19.6. The van der Waals surface area contributed by atoms with Gasteiger partial charge in [-0.3, -0.25) is 14.5 Å². The summed E-state index contributed by atoms with van der Waals surface area (Å²) in [6, 6.07) is 1.26. The lowest BCUT2D eigenvalue weighted by Gasteiger charge is -2.29. The van der Waals surface area contributed by atoms with Gasteiger partial charge in [-0.15, -0.1) is 0 Å². The maximum Gasteiger partial charge on any atom is 0.327 e. The first-order chi connectivity index (χ1) is 15.4. The number of carbonyl (C=O) groups is 3. The van der Waals surface area contributed by atoms with E-state index >= 15 is 0 Å². The summed E-state index contributed by atoms with van der Waals surface area (Å²) in [5.41, 5.74) is 2.69. The Hall–Kier alpha value is -2.35. The smallest absolute Gasteiger partial charge is 0.327 e. The molecule has 2 saturated heterocycles. The van der Waals surface area contributed by atoms with Crippen LogP contribution in [-0.2, 0) is 16.1 Å². The van der Waals surface area contributed by atoms with Crippen LogP contribution in [0.1, 0.15) is 66.7 Å². The lowest BCUT2D eigenvalue weighted by atomic mass is 9.94. The number of hydrogen-bond acceptors (Lipinski definition) is 4. The Morgan fingerprint density at radius 3 is 2.56 bits per heavy atom. The minimum absolute atomic E-state index is 0.0193. The third-order valence-electron chi connectivity index (χ3n) is 7.33. The normalized spacial score (nSPS) is 22.5. The van der Waals surface area contributed by atoms with E-state index in [1.165, 1.54) is 11.3 Å². The predicted octanol–water partition coefficient (Wildman–Crippen LogP) is 2.95. The quantitative estimate of drug-likeness (QED) is 0.499. The van der Waals surface area contributed by atoms with Crippen LogP contribution in [-0.4, -0.2) is 82.5 Å². The number of amides is 4. The average Bonchev–Trinajstić information content (AvgIpc) is 3.08. The Morgan fingerprint density at radius 1 is 1.09 bits per heavy atom. The standard InChI is InChI=1S/C24H36N4O4/c1-17-15-20(18(2)26(17)13-8-14-32-3)22(29)25-11-7-12-27-21(16-25)23(30)28(24(27)31)19-9-5-4-6-10-19/h15,19,21H,4-14,16H2,1-3H3. The third-order valence-corrected chi connectivity index (χ3v) is 7.33. The summed E-state index contributed by atoms with van der Waals surface area (Å²) < 4.78 is 7.32. The van der Waals surface area contributed by atoms with E-state index in [1.54, 1.807) is 16.9 Å². The molecule has 3 fully saturated rings. The SMILES string of the molecule is COCCCn1c(C)cc(C(=O)N2CCCN3C(=O)N(C4CCCCC4)C(=O)C3C2)c1C. The molecule has 1 aliphatic carbocycles. The van der Waals surface area contributed by atoms with Gasteiger partial charge >= 0.3 is 6.03 Å². The zero-order valence-corrected chi connectivity index (χ0v) is 19.6. The highest BCUT2D eigenvalue weighted by Gasteiger charge is 2.49. The molecule has 3 aliphatic rings. The Balaban J connectivity index is 1.50. The van der Waals surface area contributed by atoms with Crippen molar-refractivity contribution in [2.45, 2.75) is 77.4 Å². The van der Waals surface area contributed by atoms with Gasteiger partial charge in [-0.05, 0) is 45.6 Å². The van der Waals surface area contributed by atoms with Gasteiger partial charge in [-0.2, -0.15) is 0 Å². The van der Waals surface area contributed by atoms with Crippen molar-refractivity contribution in [2.24, 2.45) is 0 Å². The van der Waals surface area contributed by atoms with E-state index in [0.717, 1.165) is 50.0 Å². The number of aryl methyl sites for hydroxylation is 1. The fourth-order valence-electron chi connectivity index (χ4n) is 5.58. The van der Waals surface area contributed by atoms with Gasteiger partial charge in [-0.1, -0.05) is 19.3 Å². The molecule has 32 heavy (non-hydrogen) atoms. The van der Waals surface area contributed by atoms with Gasteiger partial charge < -0.3 is 19.1 Å². The highest BCUT2D eigenvalue weighted by molar-refractivity contribution is 6.05. The van der Waals surface area contributed by atoms with Crippen molar-refractivity contribution in [1.29, 1.82) is 0 Å². The number of carbonyl (C=O) groups excluding carboxylic acids is 3. The number of methoxy groups -OCH3 is 1. The first kappa shape index (κ1) is 22.8. The Kier molecular flexibility index (Phi) is 6.88. The second kappa shape index (κ2) is 9.65. The molecular formula is C24H36N4O4. The van der Waals surface area contributed by atoms with Crippen LogP contribution in [0.15, 0.2) is 6.07 Å². The van der Waals surface area contributed by atoms with Crippen molar-refractivity contribution in [3.05, 3.63) is 23.0 Å². The molecule has 0 radical (unpaired) electrons. The molecule has 1 atom stereocenters. The van der Waals surface area contributed by atoms with E-state index in [2.05, 4.69) is 4.57 Å². The summed E-state index contributed by atoms with van der Waals surface area (Å²) in [7, 11) is 1.69. The molecule has 1 unspecified atom stereocenters. The number of fused-ring (bicyclic) bond motifs is 1. The summed E-state index contributed by atoms with van der Waals surface area (Å²) >= 11 is 0. The summed E-state index contributed by atoms with van der Waals surface area (Å²) in [4.78, 5) is 44.9. The number of rotatable bonds is 6. The first-order valence-electron chi connectivity index (χ1n) is 12.0. The van der Waals surface area contributed by atoms with Crippen LogP contribution in [0.4, 0.5) is 4.79 Å². The molecule has 0 bridgehead atoms. The van der Waals surface area contributed by atoms with Gasteiger partial charge in [0.15, 0.2) is 0 Å². The average molecular weight is 445 g/mol. The van der Waals surface area contributed by atoms with Crippen LogP contribution in [0.25, 0.3) is 0 Å². The molecule has 4 amide bonds. The predicted molar refractivity (Wildman–Crippen MR) is 121 cm³/mol. The number of aromatic nitrogens is 1. The summed E-state index contributed by atoms with van der Waals surface area (Å²) in [6.45, 7) is 6.84. The highest BCUT2D eigenvalue weighted by Crippen LogP contribution is 2.31. The maximum absolute atomic E-state index is 13.5. The van der Waals surface area contributed by atoms with Crippen LogP contribution < -0.4 is 0 Å². The minimum Gasteiger partial charge on any atom is -0.385 e. The largest absolute Gasteiger partial charge is 0.385 e. The fraction of sp³-hybridized carbons (Fsp3) is 0.708. The number of urea groups is 1. The summed E-state index contributed by atoms with van der Waals surface area (Å²) in [5, 5.41) is 0. The Morgan fingerprint density at radius 2 is 1.84 bits per heavy atom. The van der Waals surface area contributed by atoms with Crippen molar-refractivity contribution in [2.75, 3.05) is 33.4 Å². The van der Waals surface area contributed by atoms with Gasteiger partial charge in [-0.25, -0.2) is 4.79 Å². The van der Waals surface area contributed by atoms with Crippen molar-refractivity contribution in [1.82, 2.24) is 19.3 Å². The topological polar surface area (TPSA) is 75.1 Å². The van der Waals surface area contributed by atoms with E-state index in [9.17, 15) is 14.4 Å². The van der Waals surface area contributed by atoms with Crippen molar-refractivity contribution in [3.63, 3.8) is 0 Å². The van der Waals surface area contributed by atoms with E-state index < -0.39 is 6.04 Å². The Bertz CT molecular complexity index is 874. The van der Waals surface area contributed by atoms with E-state index in [-0.39, 0.29) is 30.4 Å². The van der Waals surface area contributed by atoms with Crippen molar-refractivity contribution < 1.29 is 19.1 Å². The summed E-state index contributed by atoms with van der Waals surface area (Å²) in [5.74, 6) is -0.166. The molecule has 176 valence electrons. The molecule has 0 spiro atoms. The molecule has 0 N–H and O–H groups in total. The fourth-order valence-corrected chi connectivity index (χ4v) is 5.58. The van der Waals surface area contributed by atoms with Gasteiger partial charge in [0.25, 0.3) is 11.8 Å². The van der Waals surface area contributed by atoms with Crippen molar-refractivity contribution in [3.8, 4) is 0 Å². The first-order valence-corrected chi connectivity index (χ1v) is 12.0. The molecule has 0 aromatic carbocycles. The van der Waals surface area contributed by atoms with E-state index in [0.29, 0.717) is 31.7 Å². The highest BCUT2D eigenvalue weighted by atomic mass is 16.5. The van der Waals surface area contributed by atoms with E-state index in [1.807, 2.05) is 19.9 Å². The second-order valence-electron chi connectivity index (χ2n) is 9.38. The molecule has 1 saturated carbocycles. The van der Waals surface area contributed by atoms with Gasteiger partial charge in [0, 0.05) is 50.8 Å². The van der Waals surface area contributed by atoms with Gasteiger partial charge in [0.05, 0.1) is 12.1 Å². The van der Waals surface area contributed by atoms with Crippen molar-refractivity contribution >= 4 is 17.8 Å². The Labute approximate surface area is 190 Å². The van der Waals surface area contributed by atoms with Crippen LogP contribution in [0, 0.1) is 13.8 Å². The monoisotopic (exact) mass is 444 g/mol. The zero-order chi connectivity index (χ0) is 22.8. The molecule has 1 aromatic rings. The number of imide groups is 1. The van der Waals surface area contributed by atoms with Crippen LogP contribution in [0.5, 0.6) is 0 Å². The van der Waals surface area contributed by atoms with Gasteiger partial charge in [0.1, 0.15) is 6.04 Å². The van der Waals surface area contributed by atoms with Gasteiger partial charge in [0.2, 0.25) is 0 Å². The molecule has 8 nitrogen and oxygen atoms in total.